The van der Waals surface area contributed by atoms with Crippen LogP contribution in [-0.2, 0) is 0 Å². The number of aliphatic imine (C=N–C) groups is 1. The highest BCUT2D eigenvalue weighted by molar-refractivity contribution is 5.80. The molecule has 0 aromatic heterocycles. The highest BCUT2D eigenvalue weighted by Crippen LogP contribution is 2.41. The van der Waals surface area contributed by atoms with Crippen LogP contribution in [0.3, 0.4) is 0 Å². The minimum Gasteiger partial charge on any atom is -0.357 e. The summed E-state index contributed by atoms with van der Waals surface area (Å²) in [5, 5.41) is 6.68. The SMILES string of the molecule is C#CCN=C(NCC)NC1CC1c1ccc(C(C)C)cc1. The first-order valence-corrected chi connectivity index (χ1v) is 7.73. The first kappa shape index (κ1) is 15.4. The lowest BCUT2D eigenvalue weighted by atomic mass is 10.0. The third kappa shape index (κ3) is 4.26. The van der Waals surface area contributed by atoms with E-state index in [-0.39, 0.29) is 0 Å². The maximum atomic E-state index is 5.26. The second-order valence-electron chi connectivity index (χ2n) is 5.81. The molecule has 2 N–H and O–H groups in total. The molecule has 3 nitrogen and oxygen atoms in total. The van der Waals surface area contributed by atoms with Crippen LogP contribution in [-0.4, -0.2) is 25.1 Å². The maximum absolute atomic E-state index is 5.26. The van der Waals surface area contributed by atoms with Gasteiger partial charge in [-0.3, -0.25) is 0 Å². The quantitative estimate of drug-likeness (QED) is 0.495. The van der Waals surface area contributed by atoms with E-state index in [2.05, 4.69) is 66.6 Å². The van der Waals surface area contributed by atoms with Crippen LogP contribution < -0.4 is 10.6 Å². The fourth-order valence-corrected chi connectivity index (χ4v) is 2.47. The fraction of sp³-hybridized carbons (Fsp3) is 0.500. The van der Waals surface area contributed by atoms with Crippen LogP contribution in [0.15, 0.2) is 29.3 Å². The summed E-state index contributed by atoms with van der Waals surface area (Å²) in [4.78, 5) is 4.34. The summed E-state index contributed by atoms with van der Waals surface area (Å²) in [5.74, 6) is 4.53. The molecule has 2 rings (SSSR count). The molecule has 1 aromatic rings. The van der Waals surface area contributed by atoms with E-state index in [1.54, 1.807) is 0 Å². The molecule has 2 atom stereocenters. The molecule has 1 aromatic carbocycles. The van der Waals surface area contributed by atoms with Gasteiger partial charge in [-0.25, -0.2) is 4.99 Å². The largest absolute Gasteiger partial charge is 0.357 e. The summed E-state index contributed by atoms with van der Waals surface area (Å²) in [7, 11) is 0. The van der Waals surface area contributed by atoms with Crippen LogP contribution in [0.4, 0.5) is 0 Å². The van der Waals surface area contributed by atoms with Gasteiger partial charge in [0.05, 0.1) is 0 Å². The van der Waals surface area contributed by atoms with E-state index < -0.39 is 0 Å². The third-order valence-corrected chi connectivity index (χ3v) is 3.82. The molecule has 21 heavy (non-hydrogen) atoms. The first-order valence-electron chi connectivity index (χ1n) is 7.73. The predicted molar refractivity (Wildman–Crippen MR) is 89.6 cm³/mol. The van der Waals surface area contributed by atoms with Crippen molar-refractivity contribution in [2.45, 2.75) is 45.1 Å². The van der Waals surface area contributed by atoms with Gasteiger partial charge in [-0.15, -0.1) is 6.42 Å². The zero-order chi connectivity index (χ0) is 15.2. The first-order chi connectivity index (χ1) is 10.2. The van der Waals surface area contributed by atoms with Crippen molar-refractivity contribution in [3.63, 3.8) is 0 Å². The number of terminal acetylenes is 1. The second-order valence-corrected chi connectivity index (χ2v) is 5.81. The van der Waals surface area contributed by atoms with Gasteiger partial charge in [0.1, 0.15) is 6.54 Å². The van der Waals surface area contributed by atoms with E-state index in [4.69, 9.17) is 6.42 Å². The molecule has 0 heterocycles. The summed E-state index contributed by atoms with van der Waals surface area (Å²) in [6.45, 7) is 7.76. The minimum absolute atomic E-state index is 0.413. The number of rotatable bonds is 5. The van der Waals surface area contributed by atoms with Gasteiger partial charge in [0.25, 0.3) is 0 Å². The van der Waals surface area contributed by atoms with Crippen molar-refractivity contribution in [2.24, 2.45) is 4.99 Å². The lowest BCUT2D eigenvalue weighted by Gasteiger charge is -2.11. The average molecular weight is 283 g/mol. The monoisotopic (exact) mass is 283 g/mol. The average Bonchev–Trinajstić information content (AvgIpc) is 3.24. The molecule has 0 aliphatic heterocycles. The zero-order valence-electron chi connectivity index (χ0n) is 13.2. The Kier molecular flexibility index (Phi) is 5.27. The van der Waals surface area contributed by atoms with Crippen LogP contribution in [0.2, 0.25) is 0 Å². The Labute approximate surface area is 128 Å². The maximum Gasteiger partial charge on any atom is 0.192 e. The van der Waals surface area contributed by atoms with E-state index in [0.717, 1.165) is 18.9 Å². The molecule has 1 saturated carbocycles. The van der Waals surface area contributed by atoms with Gasteiger partial charge in [0.15, 0.2) is 5.96 Å². The van der Waals surface area contributed by atoms with Gasteiger partial charge >= 0.3 is 0 Å². The number of guanidine groups is 1. The van der Waals surface area contributed by atoms with Crippen molar-refractivity contribution in [2.75, 3.05) is 13.1 Å². The van der Waals surface area contributed by atoms with Gasteiger partial charge in [0.2, 0.25) is 0 Å². The predicted octanol–water partition coefficient (Wildman–Crippen LogP) is 2.85. The summed E-state index contributed by atoms with van der Waals surface area (Å²) in [5.41, 5.74) is 2.80. The van der Waals surface area contributed by atoms with Crippen molar-refractivity contribution in [1.29, 1.82) is 0 Å². The summed E-state index contributed by atoms with van der Waals surface area (Å²) >= 11 is 0. The van der Waals surface area contributed by atoms with Crippen LogP contribution in [0.25, 0.3) is 0 Å². The molecule has 1 fully saturated rings. The normalized spacial score (nSPS) is 21.0. The highest BCUT2D eigenvalue weighted by Gasteiger charge is 2.38. The van der Waals surface area contributed by atoms with Crippen LogP contribution >= 0.6 is 0 Å². The topological polar surface area (TPSA) is 36.4 Å². The lowest BCUT2D eigenvalue weighted by Crippen LogP contribution is -2.39. The molecule has 1 aliphatic carbocycles. The smallest absolute Gasteiger partial charge is 0.192 e. The molecule has 0 bridgehead atoms. The molecule has 0 spiro atoms. The van der Waals surface area contributed by atoms with E-state index in [1.807, 2.05) is 0 Å². The van der Waals surface area contributed by atoms with E-state index in [1.165, 1.54) is 11.1 Å². The Morgan fingerprint density at radius 1 is 1.38 bits per heavy atom. The fourth-order valence-electron chi connectivity index (χ4n) is 2.47. The molecular weight excluding hydrogens is 258 g/mol. The highest BCUT2D eigenvalue weighted by atomic mass is 15.2. The van der Waals surface area contributed by atoms with E-state index >= 15 is 0 Å². The van der Waals surface area contributed by atoms with Crippen molar-refractivity contribution < 1.29 is 0 Å². The van der Waals surface area contributed by atoms with Gasteiger partial charge in [-0.05, 0) is 30.4 Å². The molecular formula is C18H25N3. The van der Waals surface area contributed by atoms with Crippen molar-refractivity contribution in [3.8, 4) is 12.3 Å². The number of hydrogen-bond acceptors (Lipinski definition) is 1. The van der Waals surface area contributed by atoms with Gasteiger partial charge in [-0.1, -0.05) is 44.0 Å². The van der Waals surface area contributed by atoms with Crippen LogP contribution in [0.5, 0.6) is 0 Å². The molecule has 0 saturated heterocycles. The minimum atomic E-state index is 0.413. The number of nitrogens with zero attached hydrogens (tertiary/aromatic N) is 1. The summed E-state index contributed by atoms with van der Waals surface area (Å²) < 4.78 is 0. The molecule has 0 radical (unpaired) electrons. The van der Waals surface area contributed by atoms with Crippen LogP contribution in [0.1, 0.15) is 50.2 Å². The van der Waals surface area contributed by atoms with Gasteiger partial charge in [-0.2, -0.15) is 0 Å². The van der Waals surface area contributed by atoms with Crippen molar-refractivity contribution in [1.82, 2.24) is 10.6 Å². The molecule has 0 amide bonds. The Morgan fingerprint density at radius 2 is 2.10 bits per heavy atom. The number of hydrogen-bond donors (Lipinski definition) is 2. The summed E-state index contributed by atoms with van der Waals surface area (Å²) in [6, 6.07) is 9.46. The lowest BCUT2D eigenvalue weighted by molar-refractivity contribution is 0.802. The van der Waals surface area contributed by atoms with E-state index in [9.17, 15) is 0 Å². The zero-order valence-corrected chi connectivity index (χ0v) is 13.2. The molecule has 1 aliphatic rings. The second kappa shape index (κ2) is 7.17. The molecule has 112 valence electrons. The van der Waals surface area contributed by atoms with E-state index in [0.29, 0.717) is 24.4 Å². The standard InChI is InChI=1S/C18H25N3/c1-5-11-20-18(19-6-2)21-17-12-16(17)15-9-7-14(8-10-15)13(3)4/h1,7-10,13,16-17H,6,11-12H2,2-4H3,(H2,19,20,21). The Hall–Kier alpha value is -1.95. The molecule has 3 heteroatoms. The van der Waals surface area contributed by atoms with Crippen molar-refractivity contribution >= 4 is 5.96 Å². The van der Waals surface area contributed by atoms with Crippen LogP contribution in [0, 0.1) is 12.3 Å². The van der Waals surface area contributed by atoms with Crippen molar-refractivity contribution in [3.05, 3.63) is 35.4 Å². The third-order valence-electron chi connectivity index (χ3n) is 3.82. The Balaban J connectivity index is 1.93. The number of nitrogens with one attached hydrogen (secondary N) is 2. The van der Waals surface area contributed by atoms with Gasteiger partial charge in [0, 0.05) is 18.5 Å². The Bertz CT molecular complexity index is 522. The number of benzene rings is 1. The summed E-state index contributed by atoms with van der Waals surface area (Å²) in [6.07, 6.45) is 6.42. The van der Waals surface area contributed by atoms with Gasteiger partial charge < -0.3 is 10.6 Å². The Morgan fingerprint density at radius 3 is 2.67 bits per heavy atom. The molecule has 2 unspecified atom stereocenters.